The summed E-state index contributed by atoms with van der Waals surface area (Å²) in [6.07, 6.45) is -1.60. The quantitative estimate of drug-likeness (QED) is 0.105. The Morgan fingerprint density at radius 1 is 0.451 bits per heavy atom. The second-order valence-electron chi connectivity index (χ2n) is 12.1. The maximum atomic E-state index is 13.5. The first-order valence-electron chi connectivity index (χ1n) is 16.7. The Bertz CT molecular complexity index is 2080. The van der Waals surface area contributed by atoms with Gasteiger partial charge in [-0.1, -0.05) is 127 Å². The summed E-state index contributed by atoms with van der Waals surface area (Å²) in [6.45, 7) is -0.0331. The van der Waals surface area contributed by atoms with E-state index in [1.165, 1.54) is 11.8 Å². The second-order valence-corrected chi connectivity index (χ2v) is 13.4. The maximum absolute atomic E-state index is 13.5. The summed E-state index contributed by atoms with van der Waals surface area (Å²) in [6, 6.07) is 51.3. The Labute approximate surface area is 301 Å². The van der Waals surface area contributed by atoms with Crippen molar-refractivity contribution in [2.45, 2.75) is 17.5 Å². The van der Waals surface area contributed by atoms with E-state index in [1.54, 1.807) is 36.4 Å². The lowest BCUT2D eigenvalue weighted by molar-refractivity contribution is -0.0295. The minimum atomic E-state index is -0.850. The first-order chi connectivity index (χ1) is 25.0. The summed E-state index contributed by atoms with van der Waals surface area (Å²) in [4.78, 5) is 39.9. The van der Waals surface area contributed by atoms with Crippen LogP contribution in [0.3, 0.4) is 0 Å². The molecule has 1 aliphatic heterocycles. The smallest absolute Gasteiger partial charge is 0.338 e. The molecule has 0 aliphatic carbocycles. The molecule has 0 spiro atoms. The molecule has 1 heterocycles. The van der Waals surface area contributed by atoms with Gasteiger partial charge in [-0.05, 0) is 69.8 Å². The average Bonchev–Trinajstić information content (AvgIpc) is 3.57. The summed E-state index contributed by atoms with van der Waals surface area (Å²) in [5.41, 5.74) is 7.21. The third kappa shape index (κ3) is 8.11. The third-order valence-corrected chi connectivity index (χ3v) is 10.1. The lowest BCUT2D eigenvalue weighted by Gasteiger charge is -2.24. The SMILES string of the molecule is O=C(OC[C@H]1SC[C@H](OC(=O)c2ccc(-c3ccccc3)cc2)[C@H]1OC(=O)c1ccc(-c2ccccc2)cc1)c1ccc(-c2ccccc2)cc1. The van der Waals surface area contributed by atoms with E-state index in [-0.39, 0.29) is 6.61 Å². The minimum absolute atomic E-state index is 0.0331. The zero-order valence-electron chi connectivity index (χ0n) is 27.6. The van der Waals surface area contributed by atoms with Crippen molar-refractivity contribution in [3.05, 3.63) is 180 Å². The highest BCUT2D eigenvalue weighted by atomic mass is 32.2. The van der Waals surface area contributed by atoms with Crippen molar-refractivity contribution in [2.75, 3.05) is 12.4 Å². The van der Waals surface area contributed by atoms with Gasteiger partial charge in [-0.3, -0.25) is 0 Å². The molecular weight excluding hydrogens is 657 g/mol. The summed E-state index contributed by atoms with van der Waals surface area (Å²) >= 11 is 1.44. The van der Waals surface area contributed by atoms with Gasteiger partial charge in [0.05, 0.1) is 21.9 Å². The van der Waals surface area contributed by atoms with Crippen molar-refractivity contribution in [1.82, 2.24) is 0 Å². The fourth-order valence-corrected chi connectivity index (χ4v) is 7.25. The van der Waals surface area contributed by atoms with Crippen molar-refractivity contribution in [3.8, 4) is 33.4 Å². The number of carbonyl (C=O) groups excluding carboxylic acids is 3. The highest BCUT2D eigenvalue weighted by molar-refractivity contribution is 8.00. The highest BCUT2D eigenvalue weighted by Crippen LogP contribution is 2.34. The molecule has 51 heavy (non-hydrogen) atoms. The summed E-state index contributed by atoms with van der Waals surface area (Å²) in [5.74, 6) is -1.20. The molecule has 1 aliphatic rings. The van der Waals surface area contributed by atoms with E-state index >= 15 is 0 Å². The Balaban J connectivity index is 1.05. The van der Waals surface area contributed by atoms with E-state index < -0.39 is 35.4 Å². The number of benzene rings is 6. The number of rotatable bonds is 10. The van der Waals surface area contributed by atoms with Gasteiger partial charge in [0.1, 0.15) is 12.7 Å². The van der Waals surface area contributed by atoms with Gasteiger partial charge >= 0.3 is 17.9 Å². The van der Waals surface area contributed by atoms with Crippen LogP contribution in [0.1, 0.15) is 31.1 Å². The van der Waals surface area contributed by atoms with Crippen LogP contribution in [0, 0.1) is 0 Å². The molecule has 0 N–H and O–H groups in total. The van der Waals surface area contributed by atoms with E-state index in [0.717, 1.165) is 33.4 Å². The first kappa shape index (κ1) is 33.6. The molecule has 252 valence electrons. The number of thioether (sulfide) groups is 1. The van der Waals surface area contributed by atoms with Crippen LogP contribution in [0.5, 0.6) is 0 Å². The van der Waals surface area contributed by atoms with Gasteiger partial charge in [0.2, 0.25) is 0 Å². The largest absolute Gasteiger partial charge is 0.461 e. The molecule has 0 aromatic heterocycles. The first-order valence-corrected chi connectivity index (χ1v) is 17.7. The van der Waals surface area contributed by atoms with Crippen LogP contribution in [-0.4, -0.2) is 47.7 Å². The second kappa shape index (κ2) is 15.7. The lowest BCUT2D eigenvalue weighted by atomic mass is 10.0. The van der Waals surface area contributed by atoms with Crippen molar-refractivity contribution in [2.24, 2.45) is 0 Å². The summed E-state index contributed by atoms with van der Waals surface area (Å²) in [5, 5.41) is -0.455. The van der Waals surface area contributed by atoms with Crippen molar-refractivity contribution < 1.29 is 28.6 Å². The number of carbonyl (C=O) groups is 3. The molecule has 7 heteroatoms. The van der Waals surface area contributed by atoms with Crippen LogP contribution in [0.2, 0.25) is 0 Å². The lowest BCUT2D eigenvalue weighted by Crippen LogP contribution is -2.39. The highest BCUT2D eigenvalue weighted by Gasteiger charge is 2.43. The molecule has 0 amide bonds. The molecule has 0 saturated carbocycles. The van der Waals surface area contributed by atoms with Gasteiger partial charge in [-0.15, -0.1) is 11.8 Å². The molecule has 1 saturated heterocycles. The van der Waals surface area contributed by atoms with Crippen LogP contribution in [0.15, 0.2) is 164 Å². The van der Waals surface area contributed by atoms with Gasteiger partial charge in [0.15, 0.2) is 6.10 Å². The Hall–Kier alpha value is -5.92. The molecule has 3 atom stereocenters. The van der Waals surface area contributed by atoms with Gasteiger partial charge in [0.25, 0.3) is 0 Å². The number of esters is 3. The van der Waals surface area contributed by atoms with E-state index in [2.05, 4.69) is 0 Å². The number of ether oxygens (including phenoxy) is 3. The molecule has 6 aromatic rings. The van der Waals surface area contributed by atoms with E-state index in [1.807, 2.05) is 127 Å². The predicted molar refractivity (Wildman–Crippen MR) is 201 cm³/mol. The van der Waals surface area contributed by atoms with Gasteiger partial charge in [-0.25, -0.2) is 14.4 Å². The van der Waals surface area contributed by atoms with Crippen LogP contribution in [-0.2, 0) is 14.2 Å². The fraction of sp³-hybridized carbons (Fsp3) is 0.114. The minimum Gasteiger partial charge on any atom is -0.461 e. The maximum Gasteiger partial charge on any atom is 0.338 e. The monoisotopic (exact) mass is 690 g/mol. The molecule has 0 unspecified atom stereocenters. The van der Waals surface area contributed by atoms with Crippen LogP contribution in [0.4, 0.5) is 0 Å². The van der Waals surface area contributed by atoms with Gasteiger partial charge in [0, 0.05) is 5.75 Å². The zero-order valence-corrected chi connectivity index (χ0v) is 28.4. The molecule has 0 bridgehead atoms. The Morgan fingerprint density at radius 3 is 1.22 bits per heavy atom. The molecule has 7 rings (SSSR count). The van der Waals surface area contributed by atoms with Crippen LogP contribution < -0.4 is 0 Å². The molecule has 0 radical (unpaired) electrons. The van der Waals surface area contributed by atoms with E-state index in [9.17, 15) is 14.4 Å². The van der Waals surface area contributed by atoms with Gasteiger partial charge in [-0.2, -0.15) is 0 Å². The van der Waals surface area contributed by atoms with Crippen LogP contribution in [0.25, 0.3) is 33.4 Å². The van der Waals surface area contributed by atoms with Crippen molar-refractivity contribution in [3.63, 3.8) is 0 Å². The molecule has 6 nitrogen and oxygen atoms in total. The molecular formula is C44H34O6S. The fourth-order valence-electron chi connectivity index (χ4n) is 5.97. The van der Waals surface area contributed by atoms with Gasteiger partial charge < -0.3 is 14.2 Å². The third-order valence-electron chi connectivity index (χ3n) is 8.77. The zero-order chi connectivity index (χ0) is 35.0. The Morgan fingerprint density at radius 2 is 0.804 bits per heavy atom. The Kier molecular flexibility index (Phi) is 10.4. The average molecular weight is 691 g/mol. The van der Waals surface area contributed by atoms with Crippen LogP contribution >= 0.6 is 11.8 Å². The molecule has 6 aromatic carbocycles. The summed E-state index contributed by atoms with van der Waals surface area (Å²) < 4.78 is 17.8. The van der Waals surface area contributed by atoms with Crippen molar-refractivity contribution in [1.29, 1.82) is 0 Å². The predicted octanol–water partition coefficient (Wildman–Crippen LogP) is 9.41. The summed E-state index contributed by atoms with van der Waals surface area (Å²) in [7, 11) is 0. The van der Waals surface area contributed by atoms with E-state index in [4.69, 9.17) is 14.2 Å². The van der Waals surface area contributed by atoms with Crippen molar-refractivity contribution >= 4 is 29.7 Å². The normalized spacial score (nSPS) is 16.6. The topological polar surface area (TPSA) is 78.9 Å². The van der Waals surface area contributed by atoms with E-state index in [0.29, 0.717) is 22.4 Å². The number of hydrogen-bond donors (Lipinski definition) is 0. The standard InChI is InChI=1S/C44H34O6S/c45-42(36-22-16-33(17-23-36)30-10-4-1-5-11-30)48-28-40-41(50-44(47)38-26-20-35(21-27-38)32-14-8-3-9-15-32)39(29-51-40)49-43(46)37-24-18-34(19-25-37)31-12-6-2-7-13-31/h1-27,39-41H,28-29H2/t39-,40+,41+/m0/s1. The molecule has 1 fully saturated rings. The number of hydrogen-bond acceptors (Lipinski definition) is 7.